The number of allylic oxidation sites excluding steroid dienone is 3. The minimum Gasteiger partial charge on any atom is -0.390 e. The minimum absolute atomic E-state index is 0.462. The predicted octanol–water partition coefficient (Wildman–Crippen LogP) is 4.23. The van der Waals surface area contributed by atoms with E-state index in [1.807, 2.05) is 6.92 Å². The molecule has 0 aromatic rings. The van der Waals surface area contributed by atoms with Gasteiger partial charge in [0.2, 0.25) is 0 Å². The van der Waals surface area contributed by atoms with Gasteiger partial charge in [0.15, 0.2) is 0 Å². The number of rotatable bonds is 4. The first-order valence-electron chi connectivity index (χ1n) is 6.44. The van der Waals surface area contributed by atoms with Crippen LogP contribution in [-0.2, 0) is 0 Å². The molecule has 1 rings (SSSR count). The van der Waals surface area contributed by atoms with E-state index >= 15 is 0 Å². The molecular weight excluding hydrogens is 196 g/mol. The molecule has 1 aliphatic rings. The van der Waals surface area contributed by atoms with Gasteiger partial charge >= 0.3 is 0 Å². The van der Waals surface area contributed by atoms with Crippen molar-refractivity contribution in [2.24, 2.45) is 5.92 Å². The first-order valence-corrected chi connectivity index (χ1v) is 6.44. The van der Waals surface area contributed by atoms with Gasteiger partial charge in [-0.2, -0.15) is 0 Å². The van der Waals surface area contributed by atoms with Crippen LogP contribution in [0.15, 0.2) is 23.8 Å². The van der Waals surface area contributed by atoms with Crippen LogP contribution in [0.3, 0.4) is 0 Å². The van der Waals surface area contributed by atoms with E-state index < -0.39 is 5.60 Å². The molecule has 92 valence electrons. The topological polar surface area (TPSA) is 20.2 Å². The van der Waals surface area contributed by atoms with Crippen LogP contribution >= 0.6 is 0 Å². The van der Waals surface area contributed by atoms with Crippen molar-refractivity contribution < 1.29 is 5.11 Å². The molecule has 0 aromatic carbocycles. The van der Waals surface area contributed by atoms with E-state index in [4.69, 9.17) is 0 Å². The molecule has 1 N–H and O–H groups in total. The van der Waals surface area contributed by atoms with Crippen LogP contribution in [0, 0.1) is 5.92 Å². The molecule has 0 spiro atoms. The minimum atomic E-state index is -0.493. The average Bonchev–Trinajstić information content (AvgIpc) is 2.17. The average molecular weight is 222 g/mol. The first-order chi connectivity index (χ1) is 7.42. The summed E-state index contributed by atoms with van der Waals surface area (Å²) < 4.78 is 0. The Kier molecular flexibility index (Phi) is 4.79. The van der Waals surface area contributed by atoms with Gasteiger partial charge in [0.1, 0.15) is 0 Å². The van der Waals surface area contributed by atoms with E-state index in [1.54, 1.807) is 0 Å². The summed E-state index contributed by atoms with van der Waals surface area (Å²) in [6.07, 6.45) is 8.52. The molecule has 0 radical (unpaired) electrons. The van der Waals surface area contributed by atoms with Crippen LogP contribution in [0.5, 0.6) is 0 Å². The van der Waals surface area contributed by atoms with Gasteiger partial charge in [0.05, 0.1) is 5.60 Å². The van der Waals surface area contributed by atoms with E-state index in [9.17, 15) is 5.11 Å². The Morgan fingerprint density at radius 2 is 2.00 bits per heavy atom. The molecule has 1 fully saturated rings. The van der Waals surface area contributed by atoms with Crippen LogP contribution in [0.2, 0.25) is 0 Å². The number of hydrogen-bond acceptors (Lipinski definition) is 1. The SMILES string of the molecule is C=C1CCC([C@@](C)(O)CCC=C(C)C)CC1. The Morgan fingerprint density at radius 1 is 1.44 bits per heavy atom. The highest BCUT2D eigenvalue weighted by atomic mass is 16.3. The maximum atomic E-state index is 10.5. The lowest BCUT2D eigenvalue weighted by atomic mass is 9.74. The van der Waals surface area contributed by atoms with E-state index in [0.29, 0.717) is 5.92 Å². The zero-order chi connectivity index (χ0) is 12.2. The molecule has 1 nitrogen and oxygen atoms in total. The summed E-state index contributed by atoms with van der Waals surface area (Å²) in [5.41, 5.74) is 2.20. The van der Waals surface area contributed by atoms with Gasteiger partial charge in [0.25, 0.3) is 0 Å². The smallest absolute Gasteiger partial charge is 0.0651 e. The van der Waals surface area contributed by atoms with Crippen molar-refractivity contribution in [2.75, 3.05) is 0 Å². The fourth-order valence-electron chi connectivity index (χ4n) is 2.51. The standard InChI is InChI=1S/C15H26O/c1-12(2)6-5-11-15(4,16)14-9-7-13(3)8-10-14/h6,14,16H,3,5,7-11H2,1-2,4H3/t15-/m0/s1. The summed E-state index contributed by atoms with van der Waals surface area (Å²) in [7, 11) is 0. The molecule has 1 aliphatic carbocycles. The molecule has 0 heterocycles. The summed E-state index contributed by atoms with van der Waals surface area (Å²) in [5.74, 6) is 0.462. The van der Waals surface area contributed by atoms with Crippen LogP contribution in [0.1, 0.15) is 59.3 Å². The quantitative estimate of drug-likeness (QED) is 0.706. The normalized spacial score (nSPS) is 21.6. The van der Waals surface area contributed by atoms with Crippen molar-refractivity contribution in [1.29, 1.82) is 0 Å². The van der Waals surface area contributed by atoms with Crippen LogP contribution in [-0.4, -0.2) is 10.7 Å². The molecule has 1 atom stereocenters. The van der Waals surface area contributed by atoms with Crippen molar-refractivity contribution >= 4 is 0 Å². The zero-order valence-corrected chi connectivity index (χ0v) is 11.1. The second kappa shape index (κ2) is 5.67. The van der Waals surface area contributed by atoms with Crippen molar-refractivity contribution in [3.8, 4) is 0 Å². The number of aliphatic hydroxyl groups is 1. The third kappa shape index (κ3) is 4.13. The Balaban J connectivity index is 2.43. The lowest BCUT2D eigenvalue weighted by Crippen LogP contribution is -2.35. The Labute approximate surface area is 100 Å². The molecular formula is C15H26O. The van der Waals surface area contributed by atoms with Crippen molar-refractivity contribution in [1.82, 2.24) is 0 Å². The maximum Gasteiger partial charge on any atom is 0.0651 e. The molecule has 1 heteroatoms. The van der Waals surface area contributed by atoms with Gasteiger partial charge in [-0.25, -0.2) is 0 Å². The first kappa shape index (κ1) is 13.5. The van der Waals surface area contributed by atoms with Crippen molar-refractivity contribution in [3.63, 3.8) is 0 Å². The Bertz CT molecular complexity index is 259. The third-order valence-electron chi connectivity index (χ3n) is 3.78. The summed E-state index contributed by atoms with van der Waals surface area (Å²) in [5, 5.41) is 10.5. The van der Waals surface area contributed by atoms with E-state index in [2.05, 4.69) is 26.5 Å². The van der Waals surface area contributed by atoms with Gasteiger partial charge in [-0.05, 0) is 65.2 Å². The molecule has 0 amide bonds. The summed E-state index contributed by atoms with van der Waals surface area (Å²) in [6.45, 7) is 10.3. The Hall–Kier alpha value is -0.560. The maximum absolute atomic E-state index is 10.5. The van der Waals surface area contributed by atoms with Crippen molar-refractivity contribution in [2.45, 2.75) is 64.9 Å². The highest BCUT2D eigenvalue weighted by Crippen LogP contribution is 2.36. The highest BCUT2D eigenvalue weighted by molar-refractivity contribution is 5.02. The van der Waals surface area contributed by atoms with Crippen LogP contribution in [0.25, 0.3) is 0 Å². The van der Waals surface area contributed by atoms with Gasteiger partial charge < -0.3 is 5.11 Å². The summed E-state index contributed by atoms with van der Waals surface area (Å²) in [6, 6.07) is 0. The van der Waals surface area contributed by atoms with Gasteiger partial charge in [0, 0.05) is 0 Å². The molecule has 0 bridgehead atoms. The lowest BCUT2D eigenvalue weighted by molar-refractivity contribution is -0.0186. The molecule has 0 aliphatic heterocycles. The van der Waals surface area contributed by atoms with Crippen LogP contribution < -0.4 is 0 Å². The lowest BCUT2D eigenvalue weighted by Gasteiger charge is -2.36. The largest absolute Gasteiger partial charge is 0.390 e. The predicted molar refractivity (Wildman–Crippen MR) is 70.4 cm³/mol. The molecule has 0 unspecified atom stereocenters. The van der Waals surface area contributed by atoms with E-state index in [0.717, 1.165) is 38.5 Å². The molecule has 0 saturated heterocycles. The second-order valence-corrected chi connectivity index (χ2v) is 5.70. The van der Waals surface area contributed by atoms with Crippen molar-refractivity contribution in [3.05, 3.63) is 23.8 Å². The van der Waals surface area contributed by atoms with E-state index in [1.165, 1.54) is 11.1 Å². The summed E-state index contributed by atoms with van der Waals surface area (Å²) in [4.78, 5) is 0. The van der Waals surface area contributed by atoms with Gasteiger partial charge in [-0.1, -0.05) is 23.8 Å². The molecule has 16 heavy (non-hydrogen) atoms. The van der Waals surface area contributed by atoms with E-state index in [-0.39, 0.29) is 0 Å². The van der Waals surface area contributed by atoms with Gasteiger partial charge in [-0.15, -0.1) is 0 Å². The molecule has 0 aromatic heterocycles. The fraction of sp³-hybridized carbons (Fsp3) is 0.733. The summed E-state index contributed by atoms with van der Waals surface area (Å²) >= 11 is 0. The van der Waals surface area contributed by atoms with Crippen LogP contribution in [0.4, 0.5) is 0 Å². The van der Waals surface area contributed by atoms with Gasteiger partial charge in [-0.3, -0.25) is 0 Å². The zero-order valence-electron chi connectivity index (χ0n) is 11.1. The molecule has 1 saturated carbocycles. The highest BCUT2D eigenvalue weighted by Gasteiger charge is 2.32. The second-order valence-electron chi connectivity index (χ2n) is 5.70. The monoisotopic (exact) mass is 222 g/mol. The number of hydrogen-bond donors (Lipinski definition) is 1. The fourth-order valence-corrected chi connectivity index (χ4v) is 2.51. The Morgan fingerprint density at radius 3 is 2.50 bits per heavy atom. The third-order valence-corrected chi connectivity index (χ3v) is 3.78.